The van der Waals surface area contributed by atoms with Gasteiger partial charge in [-0.1, -0.05) is 39.8 Å². The van der Waals surface area contributed by atoms with Crippen molar-refractivity contribution in [2.75, 3.05) is 0 Å². The van der Waals surface area contributed by atoms with Crippen molar-refractivity contribution in [3.8, 4) is 0 Å². The van der Waals surface area contributed by atoms with Crippen LogP contribution >= 0.6 is 0 Å². The second kappa shape index (κ2) is 5.52. The number of rotatable bonds is 4. The summed E-state index contributed by atoms with van der Waals surface area (Å²) in [5.74, 6) is 1.62. The molecule has 0 N–H and O–H groups in total. The van der Waals surface area contributed by atoms with E-state index in [-0.39, 0.29) is 0 Å². The highest BCUT2D eigenvalue weighted by atomic mass is 13.9. The van der Waals surface area contributed by atoms with Crippen molar-refractivity contribution in [3.05, 3.63) is 12.2 Å². The molecular weight excluding hydrogens is 120 g/mol. The Labute approximate surface area is 65.3 Å². The molecule has 0 rings (SSSR count). The Kier molecular flexibility index (Phi) is 5.38. The van der Waals surface area contributed by atoms with Crippen LogP contribution in [0.5, 0.6) is 0 Å². The molecule has 0 fully saturated rings. The molecule has 0 aliphatic carbocycles. The molecule has 0 unspecified atom stereocenters. The molecule has 0 atom stereocenters. The minimum absolute atomic E-state index is 0.809. The van der Waals surface area contributed by atoms with Gasteiger partial charge in [-0.25, -0.2) is 0 Å². The van der Waals surface area contributed by atoms with Gasteiger partial charge in [0.25, 0.3) is 0 Å². The Morgan fingerprint density at radius 3 is 1.30 bits per heavy atom. The van der Waals surface area contributed by atoms with E-state index in [1.165, 1.54) is 12.8 Å². The zero-order valence-electron chi connectivity index (χ0n) is 7.72. The summed E-state index contributed by atoms with van der Waals surface area (Å²) in [6, 6.07) is 0. The lowest BCUT2D eigenvalue weighted by Gasteiger charge is -1.98. The Bertz CT molecular complexity index is 76.2. The molecule has 60 valence electrons. The van der Waals surface area contributed by atoms with E-state index in [0.29, 0.717) is 0 Å². The van der Waals surface area contributed by atoms with Gasteiger partial charge in [0.15, 0.2) is 0 Å². The van der Waals surface area contributed by atoms with Crippen molar-refractivity contribution in [1.29, 1.82) is 0 Å². The van der Waals surface area contributed by atoms with E-state index in [2.05, 4.69) is 39.8 Å². The predicted molar refractivity (Wildman–Crippen MR) is 48.1 cm³/mol. The molecule has 0 saturated heterocycles. The van der Waals surface area contributed by atoms with Gasteiger partial charge in [-0.3, -0.25) is 0 Å². The summed E-state index contributed by atoms with van der Waals surface area (Å²) < 4.78 is 0. The fraction of sp³-hybridized carbons (Fsp3) is 0.800. The fourth-order valence-electron chi connectivity index (χ4n) is 0.737. The van der Waals surface area contributed by atoms with E-state index < -0.39 is 0 Å². The van der Waals surface area contributed by atoms with Crippen molar-refractivity contribution in [3.63, 3.8) is 0 Å². The zero-order valence-corrected chi connectivity index (χ0v) is 7.72. The van der Waals surface area contributed by atoms with E-state index >= 15 is 0 Å². The molecule has 0 heteroatoms. The molecule has 0 saturated carbocycles. The fourth-order valence-corrected chi connectivity index (χ4v) is 0.737. The van der Waals surface area contributed by atoms with Gasteiger partial charge >= 0.3 is 0 Å². The summed E-state index contributed by atoms with van der Waals surface area (Å²) in [6.07, 6.45) is 7.05. The summed E-state index contributed by atoms with van der Waals surface area (Å²) in [7, 11) is 0. The standard InChI is InChI=1S/C10H20/c1-9(2)7-5-6-8-10(3)4/h5-6,9-10H,7-8H2,1-4H3/b6-5-. The maximum atomic E-state index is 2.30. The van der Waals surface area contributed by atoms with Gasteiger partial charge in [0.1, 0.15) is 0 Å². The van der Waals surface area contributed by atoms with E-state index in [1.54, 1.807) is 0 Å². The molecule has 0 bridgehead atoms. The number of allylic oxidation sites excluding steroid dienone is 2. The normalized spacial score (nSPS) is 12.2. The van der Waals surface area contributed by atoms with Crippen LogP contribution in [0.15, 0.2) is 12.2 Å². The quantitative estimate of drug-likeness (QED) is 0.523. The molecular formula is C10H20. The molecule has 0 aromatic rings. The monoisotopic (exact) mass is 140 g/mol. The maximum absolute atomic E-state index is 2.30. The number of hydrogen-bond acceptors (Lipinski definition) is 0. The molecule has 0 heterocycles. The van der Waals surface area contributed by atoms with Crippen molar-refractivity contribution in [2.45, 2.75) is 40.5 Å². The van der Waals surface area contributed by atoms with Gasteiger partial charge in [-0.2, -0.15) is 0 Å². The highest BCUT2D eigenvalue weighted by molar-refractivity contribution is 4.83. The molecule has 0 nitrogen and oxygen atoms in total. The van der Waals surface area contributed by atoms with Crippen LogP contribution in [0, 0.1) is 11.8 Å². The van der Waals surface area contributed by atoms with Crippen LogP contribution in [0.1, 0.15) is 40.5 Å². The van der Waals surface area contributed by atoms with Crippen molar-refractivity contribution >= 4 is 0 Å². The van der Waals surface area contributed by atoms with Gasteiger partial charge in [0.2, 0.25) is 0 Å². The van der Waals surface area contributed by atoms with E-state index in [4.69, 9.17) is 0 Å². The van der Waals surface area contributed by atoms with Crippen LogP contribution in [-0.4, -0.2) is 0 Å². The third kappa shape index (κ3) is 7.74. The minimum atomic E-state index is 0.809. The Balaban J connectivity index is 3.20. The van der Waals surface area contributed by atoms with Crippen molar-refractivity contribution in [1.82, 2.24) is 0 Å². The molecule has 0 aromatic heterocycles. The topological polar surface area (TPSA) is 0 Å². The van der Waals surface area contributed by atoms with Crippen LogP contribution in [0.25, 0.3) is 0 Å². The lowest BCUT2D eigenvalue weighted by atomic mass is 10.1. The van der Waals surface area contributed by atoms with Crippen LogP contribution < -0.4 is 0 Å². The predicted octanol–water partition coefficient (Wildman–Crippen LogP) is 3.63. The highest BCUT2D eigenvalue weighted by Crippen LogP contribution is 2.04. The van der Waals surface area contributed by atoms with Crippen LogP contribution in [0.4, 0.5) is 0 Å². The van der Waals surface area contributed by atoms with Crippen LogP contribution in [-0.2, 0) is 0 Å². The first-order chi connectivity index (χ1) is 4.63. The molecule has 0 aliphatic heterocycles. The van der Waals surface area contributed by atoms with Gasteiger partial charge in [0, 0.05) is 0 Å². The Morgan fingerprint density at radius 2 is 1.10 bits per heavy atom. The van der Waals surface area contributed by atoms with Crippen LogP contribution in [0.3, 0.4) is 0 Å². The first kappa shape index (κ1) is 9.74. The Morgan fingerprint density at radius 1 is 0.800 bits per heavy atom. The summed E-state index contributed by atoms with van der Waals surface area (Å²) in [5, 5.41) is 0. The first-order valence-electron chi connectivity index (χ1n) is 4.28. The van der Waals surface area contributed by atoms with Gasteiger partial charge < -0.3 is 0 Å². The molecule has 0 aliphatic rings. The molecule has 0 radical (unpaired) electrons. The highest BCUT2D eigenvalue weighted by Gasteiger charge is 1.89. The third-order valence-corrected chi connectivity index (χ3v) is 1.38. The zero-order chi connectivity index (χ0) is 7.98. The average molecular weight is 140 g/mol. The Hall–Kier alpha value is -0.260. The van der Waals surface area contributed by atoms with E-state index in [1.807, 2.05) is 0 Å². The molecule has 10 heavy (non-hydrogen) atoms. The van der Waals surface area contributed by atoms with Gasteiger partial charge in [-0.15, -0.1) is 0 Å². The van der Waals surface area contributed by atoms with Gasteiger partial charge in [-0.05, 0) is 24.7 Å². The molecule has 0 amide bonds. The third-order valence-electron chi connectivity index (χ3n) is 1.38. The smallest absolute Gasteiger partial charge is 0.0327 e. The van der Waals surface area contributed by atoms with E-state index in [0.717, 1.165) is 11.8 Å². The lowest BCUT2D eigenvalue weighted by molar-refractivity contribution is 0.644. The first-order valence-corrected chi connectivity index (χ1v) is 4.28. The minimum Gasteiger partial charge on any atom is -0.0883 e. The molecule has 0 aromatic carbocycles. The lowest BCUT2D eigenvalue weighted by Crippen LogP contribution is -1.84. The van der Waals surface area contributed by atoms with Crippen molar-refractivity contribution in [2.24, 2.45) is 11.8 Å². The molecule has 0 spiro atoms. The van der Waals surface area contributed by atoms with Crippen molar-refractivity contribution < 1.29 is 0 Å². The summed E-state index contributed by atoms with van der Waals surface area (Å²) >= 11 is 0. The summed E-state index contributed by atoms with van der Waals surface area (Å²) in [4.78, 5) is 0. The second-order valence-electron chi connectivity index (χ2n) is 3.73. The SMILES string of the molecule is CC(C)C/C=C\CC(C)C. The summed E-state index contributed by atoms with van der Waals surface area (Å²) in [5.41, 5.74) is 0. The largest absolute Gasteiger partial charge is 0.0883 e. The summed E-state index contributed by atoms with van der Waals surface area (Å²) in [6.45, 7) is 9.00. The average Bonchev–Trinajstić information content (AvgIpc) is 1.79. The maximum Gasteiger partial charge on any atom is -0.0327 e. The van der Waals surface area contributed by atoms with Gasteiger partial charge in [0.05, 0.1) is 0 Å². The van der Waals surface area contributed by atoms with E-state index in [9.17, 15) is 0 Å². The second-order valence-corrected chi connectivity index (χ2v) is 3.73. The van der Waals surface area contributed by atoms with Crippen LogP contribution in [0.2, 0.25) is 0 Å². The number of hydrogen-bond donors (Lipinski definition) is 0.